The highest BCUT2D eigenvalue weighted by Gasteiger charge is 2.17. The van der Waals surface area contributed by atoms with Crippen LogP contribution in [0.3, 0.4) is 0 Å². The second-order valence-electron chi connectivity index (χ2n) is 6.56. The van der Waals surface area contributed by atoms with E-state index in [9.17, 15) is 19.8 Å². The van der Waals surface area contributed by atoms with Gasteiger partial charge in [-0.25, -0.2) is 4.79 Å². The highest BCUT2D eigenvalue weighted by molar-refractivity contribution is 5.91. The van der Waals surface area contributed by atoms with Gasteiger partial charge in [-0.15, -0.1) is 0 Å². The van der Waals surface area contributed by atoms with Crippen LogP contribution in [0.1, 0.15) is 22.7 Å². The summed E-state index contributed by atoms with van der Waals surface area (Å²) < 4.78 is 5.59. The summed E-state index contributed by atoms with van der Waals surface area (Å²) in [5.41, 5.74) is 2.74. The van der Waals surface area contributed by atoms with Crippen molar-refractivity contribution in [2.24, 2.45) is 0 Å². The van der Waals surface area contributed by atoms with Crippen molar-refractivity contribution in [1.82, 2.24) is 5.32 Å². The minimum absolute atomic E-state index is 0.111. The van der Waals surface area contributed by atoms with E-state index >= 15 is 0 Å². The lowest BCUT2D eigenvalue weighted by Crippen LogP contribution is -2.27. The smallest absolute Gasteiger partial charge is 0.405 e. The molecule has 2 amide bonds. The predicted molar refractivity (Wildman–Crippen MR) is 112 cm³/mol. The number of aliphatic hydroxyl groups is 1. The molecule has 0 aliphatic carbocycles. The fraction of sp³-hybridized carbons (Fsp3) is 0.130. The van der Waals surface area contributed by atoms with E-state index in [1.54, 1.807) is 48.5 Å². The second kappa shape index (κ2) is 10.1. The van der Waals surface area contributed by atoms with Gasteiger partial charge < -0.3 is 25.6 Å². The molecule has 4 N–H and O–H groups in total. The van der Waals surface area contributed by atoms with E-state index in [-0.39, 0.29) is 19.1 Å². The van der Waals surface area contributed by atoms with Gasteiger partial charge in [-0.2, -0.15) is 0 Å². The molecule has 154 valence electrons. The fourth-order valence-electron chi connectivity index (χ4n) is 3.01. The number of carboxylic acid groups (broad SMARTS) is 1. The minimum atomic E-state index is -1.14. The van der Waals surface area contributed by atoms with Crippen LogP contribution in [0.25, 0.3) is 0 Å². The average molecular weight is 406 g/mol. The summed E-state index contributed by atoms with van der Waals surface area (Å²) in [4.78, 5) is 23.4. The SMILES string of the molecule is O=C(O)N[C@@H](c1ccccc1)c1cccc(OCC(=O)Nc2cccc(CO)c2)c1. The first-order valence-corrected chi connectivity index (χ1v) is 9.32. The predicted octanol–water partition coefficient (Wildman–Crippen LogP) is 3.55. The highest BCUT2D eigenvalue weighted by Crippen LogP contribution is 2.25. The van der Waals surface area contributed by atoms with Crippen molar-refractivity contribution in [1.29, 1.82) is 0 Å². The number of anilines is 1. The molecule has 0 bridgehead atoms. The molecule has 0 radical (unpaired) electrons. The van der Waals surface area contributed by atoms with Crippen molar-refractivity contribution in [2.75, 3.05) is 11.9 Å². The minimum Gasteiger partial charge on any atom is -0.484 e. The first-order valence-electron chi connectivity index (χ1n) is 9.32. The van der Waals surface area contributed by atoms with E-state index in [1.807, 2.05) is 30.3 Å². The van der Waals surface area contributed by atoms with Gasteiger partial charge in [0.2, 0.25) is 0 Å². The quantitative estimate of drug-likeness (QED) is 0.458. The molecule has 30 heavy (non-hydrogen) atoms. The third kappa shape index (κ3) is 5.83. The standard InChI is InChI=1S/C23H22N2O5/c26-14-16-6-4-10-19(12-16)24-21(27)15-30-20-11-5-9-18(13-20)22(25-23(28)29)17-7-2-1-3-8-17/h1-13,22,25-26H,14-15H2,(H,24,27)(H,28,29)/t22-/m0/s1. The van der Waals surface area contributed by atoms with E-state index in [0.29, 0.717) is 22.6 Å². The zero-order chi connectivity index (χ0) is 21.3. The Kier molecular flexibility index (Phi) is 7.02. The van der Waals surface area contributed by atoms with Crippen molar-refractivity contribution >= 4 is 17.7 Å². The zero-order valence-electron chi connectivity index (χ0n) is 16.1. The molecular weight excluding hydrogens is 384 g/mol. The van der Waals surface area contributed by atoms with Gasteiger partial charge in [-0.05, 0) is 41.0 Å². The molecular formula is C23H22N2O5. The molecule has 0 aliphatic rings. The van der Waals surface area contributed by atoms with Crippen LogP contribution in [0.2, 0.25) is 0 Å². The Hall–Kier alpha value is -3.84. The molecule has 0 unspecified atom stereocenters. The van der Waals surface area contributed by atoms with Gasteiger partial charge in [0.1, 0.15) is 5.75 Å². The van der Waals surface area contributed by atoms with Crippen LogP contribution in [0, 0.1) is 0 Å². The second-order valence-corrected chi connectivity index (χ2v) is 6.56. The molecule has 0 saturated heterocycles. The van der Waals surface area contributed by atoms with Crippen molar-refractivity contribution in [2.45, 2.75) is 12.6 Å². The number of carbonyl (C=O) groups excluding carboxylic acids is 1. The van der Waals surface area contributed by atoms with Crippen LogP contribution in [0.5, 0.6) is 5.75 Å². The van der Waals surface area contributed by atoms with Crippen LogP contribution in [-0.4, -0.2) is 28.8 Å². The molecule has 0 aromatic heterocycles. The Bertz CT molecular complexity index is 1010. The Labute approximate surface area is 173 Å². The normalized spacial score (nSPS) is 11.4. The maximum absolute atomic E-state index is 12.2. The van der Waals surface area contributed by atoms with Crippen LogP contribution in [0.4, 0.5) is 10.5 Å². The summed E-state index contributed by atoms with van der Waals surface area (Å²) in [5.74, 6) is 0.0960. The number of amides is 2. The number of nitrogens with one attached hydrogen (secondary N) is 2. The summed E-state index contributed by atoms with van der Waals surface area (Å²) in [7, 11) is 0. The molecule has 0 fully saturated rings. The van der Waals surface area contributed by atoms with E-state index in [2.05, 4.69) is 10.6 Å². The lowest BCUT2D eigenvalue weighted by Gasteiger charge is -2.19. The molecule has 7 heteroatoms. The molecule has 3 rings (SSSR count). The van der Waals surface area contributed by atoms with Gasteiger partial charge in [0, 0.05) is 5.69 Å². The Morgan fingerprint density at radius 3 is 2.37 bits per heavy atom. The van der Waals surface area contributed by atoms with Gasteiger partial charge in [0.15, 0.2) is 6.61 Å². The fourth-order valence-corrected chi connectivity index (χ4v) is 3.01. The van der Waals surface area contributed by atoms with Crippen LogP contribution in [-0.2, 0) is 11.4 Å². The third-order valence-corrected chi connectivity index (χ3v) is 4.36. The number of ether oxygens (including phenoxy) is 1. The number of aliphatic hydroxyl groups excluding tert-OH is 1. The lowest BCUT2D eigenvalue weighted by molar-refractivity contribution is -0.118. The number of benzene rings is 3. The van der Waals surface area contributed by atoms with Gasteiger partial charge in [-0.1, -0.05) is 54.6 Å². The molecule has 3 aromatic carbocycles. The highest BCUT2D eigenvalue weighted by atomic mass is 16.5. The number of hydrogen-bond acceptors (Lipinski definition) is 4. The number of carbonyl (C=O) groups is 2. The summed E-state index contributed by atoms with van der Waals surface area (Å²) in [6, 6.07) is 22.5. The Morgan fingerprint density at radius 1 is 0.900 bits per heavy atom. The topological polar surface area (TPSA) is 108 Å². The largest absolute Gasteiger partial charge is 0.484 e. The van der Waals surface area contributed by atoms with Crippen molar-refractivity contribution in [3.05, 3.63) is 95.6 Å². The van der Waals surface area contributed by atoms with E-state index in [1.165, 1.54) is 0 Å². The third-order valence-electron chi connectivity index (χ3n) is 4.36. The molecule has 1 atom stereocenters. The molecule has 0 aliphatic heterocycles. The van der Waals surface area contributed by atoms with Crippen LogP contribution < -0.4 is 15.4 Å². The zero-order valence-corrected chi connectivity index (χ0v) is 16.1. The number of rotatable bonds is 8. The van der Waals surface area contributed by atoms with Gasteiger partial charge in [0.25, 0.3) is 5.91 Å². The first-order chi connectivity index (χ1) is 14.5. The summed E-state index contributed by atoms with van der Waals surface area (Å²) in [6.07, 6.45) is -1.14. The summed E-state index contributed by atoms with van der Waals surface area (Å²) in [6.45, 7) is -0.324. The monoisotopic (exact) mass is 406 g/mol. The van der Waals surface area contributed by atoms with E-state index < -0.39 is 12.1 Å². The molecule has 3 aromatic rings. The maximum Gasteiger partial charge on any atom is 0.405 e. The maximum atomic E-state index is 12.2. The molecule has 7 nitrogen and oxygen atoms in total. The van der Waals surface area contributed by atoms with Gasteiger partial charge in [-0.3, -0.25) is 4.79 Å². The van der Waals surface area contributed by atoms with Crippen molar-refractivity contribution in [3.8, 4) is 5.75 Å². The molecule has 0 saturated carbocycles. The van der Waals surface area contributed by atoms with Crippen molar-refractivity contribution in [3.63, 3.8) is 0 Å². The molecule has 0 heterocycles. The van der Waals surface area contributed by atoms with Crippen LogP contribution in [0.15, 0.2) is 78.9 Å². The van der Waals surface area contributed by atoms with Gasteiger partial charge in [0.05, 0.1) is 12.6 Å². The average Bonchev–Trinajstić information content (AvgIpc) is 2.77. The first kappa shape index (κ1) is 20.9. The van der Waals surface area contributed by atoms with Crippen molar-refractivity contribution < 1.29 is 24.5 Å². The van der Waals surface area contributed by atoms with E-state index in [4.69, 9.17) is 4.74 Å². The Balaban J connectivity index is 1.68. The number of hydrogen-bond donors (Lipinski definition) is 4. The van der Waals surface area contributed by atoms with Crippen LogP contribution >= 0.6 is 0 Å². The van der Waals surface area contributed by atoms with E-state index in [0.717, 1.165) is 5.56 Å². The Morgan fingerprint density at radius 2 is 1.63 bits per heavy atom. The summed E-state index contributed by atoms with van der Waals surface area (Å²) in [5, 5.41) is 23.6. The summed E-state index contributed by atoms with van der Waals surface area (Å²) >= 11 is 0. The lowest BCUT2D eigenvalue weighted by atomic mass is 9.99. The van der Waals surface area contributed by atoms with Gasteiger partial charge >= 0.3 is 6.09 Å². The molecule has 0 spiro atoms.